The number of ketones is 1. The summed E-state index contributed by atoms with van der Waals surface area (Å²) >= 11 is 0. The summed E-state index contributed by atoms with van der Waals surface area (Å²) in [6.45, 7) is 4.95. The third-order valence-corrected chi connectivity index (χ3v) is 9.85. The van der Waals surface area contributed by atoms with E-state index in [1.54, 1.807) is 6.07 Å². The first-order chi connectivity index (χ1) is 12.9. The van der Waals surface area contributed by atoms with E-state index in [0.717, 1.165) is 49.9 Å². The fourth-order valence-electron chi connectivity index (χ4n) is 8.48. The molecule has 4 fully saturated rings. The maximum atomic E-state index is 14.7. The van der Waals surface area contributed by atoms with Crippen molar-refractivity contribution in [1.29, 1.82) is 5.26 Å². The average molecular weight is 374 g/mol. The highest BCUT2D eigenvalue weighted by Gasteiger charge is 2.60. The highest BCUT2D eigenvalue weighted by molar-refractivity contribution is 5.93. The molecule has 0 saturated heterocycles. The highest BCUT2D eigenvalue weighted by Crippen LogP contribution is 2.68. The molecule has 0 aliphatic heterocycles. The van der Waals surface area contributed by atoms with Crippen LogP contribution in [0, 0.1) is 51.8 Å². The fourth-order valence-corrected chi connectivity index (χ4v) is 8.48. The van der Waals surface area contributed by atoms with Crippen molar-refractivity contribution in [2.24, 2.45) is 40.4 Å². The minimum atomic E-state index is -0.563. The molecule has 150 valence electrons. The lowest BCUT2D eigenvalue weighted by molar-refractivity contribution is -0.130. The number of alkyl halides is 1. The molecule has 0 aromatic carbocycles. The fraction of sp³-hybridized carbons (Fsp3) is 0.917. The molecule has 8 atom stereocenters. The predicted octanol–water partition coefficient (Wildman–Crippen LogP) is 6.25. The summed E-state index contributed by atoms with van der Waals surface area (Å²) in [5, 5.41) is 8.71. The number of rotatable bonds is 4. The smallest absolute Gasteiger partial charge is 0.231 e. The second-order valence-corrected chi connectivity index (χ2v) is 10.7. The Kier molecular flexibility index (Phi) is 5.15. The van der Waals surface area contributed by atoms with E-state index in [1.165, 1.54) is 38.5 Å². The zero-order valence-corrected chi connectivity index (χ0v) is 17.2. The van der Waals surface area contributed by atoms with Gasteiger partial charge in [-0.15, -0.1) is 0 Å². The first kappa shape index (κ1) is 19.4. The quantitative estimate of drug-likeness (QED) is 0.547. The van der Waals surface area contributed by atoms with Crippen molar-refractivity contribution in [3.63, 3.8) is 0 Å². The summed E-state index contributed by atoms with van der Waals surface area (Å²) in [6, 6.07) is 1.76. The van der Waals surface area contributed by atoms with Gasteiger partial charge in [-0.1, -0.05) is 13.8 Å². The molecule has 27 heavy (non-hydrogen) atoms. The van der Waals surface area contributed by atoms with Crippen molar-refractivity contribution >= 4 is 5.78 Å². The second kappa shape index (κ2) is 7.16. The molecule has 4 aliphatic rings. The van der Waals surface area contributed by atoms with Gasteiger partial charge in [0.05, 0.1) is 0 Å². The number of Topliss-reactive ketones (excluding diaryl/α,β-unsaturated/α-hetero) is 1. The van der Waals surface area contributed by atoms with E-state index in [2.05, 4.69) is 13.8 Å². The standard InChI is InChI=1S/C24H36FNO/c1-23-14-12-20-18(9-11-21-22(25)7-4-13-24(20,21)2)19(23)10-8-16(23)5-3-6-17(27)15-26/h16,18-22H,3-14H2,1-2H3. The van der Waals surface area contributed by atoms with Crippen LogP contribution in [0.2, 0.25) is 0 Å². The third-order valence-electron chi connectivity index (χ3n) is 9.85. The van der Waals surface area contributed by atoms with Crippen LogP contribution in [0.3, 0.4) is 0 Å². The molecule has 0 radical (unpaired) electrons. The van der Waals surface area contributed by atoms with Crippen LogP contribution in [0.25, 0.3) is 0 Å². The van der Waals surface area contributed by atoms with Crippen LogP contribution in [0.4, 0.5) is 4.39 Å². The molecular formula is C24H36FNO. The second-order valence-electron chi connectivity index (χ2n) is 10.7. The Labute approximate surface area is 164 Å². The van der Waals surface area contributed by atoms with Crippen LogP contribution in [-0.4, -0.2) is 12.0 Å². The summed E-state index contributed by atoms with van der Waals surface area (Å²) < 4.78 is 14.7. The number of nitriles is 1. The van der Waals surface area contributed by atoms with Gasteiger partial charge in [0.2, 0.25) is 5.78 Å². The van der Waals surface area contributed by atoms with Gasteiger partial charge in [-0.2, -0.15) is 5.26 Å². The van der Waals surface area contributed by atoms with Crippen molar-refractivity contribution in [2.75, 3.05) is 0 Å². The Balaban J connectivity index is 1.47. The molecule has 0 N–H and O–H groups in total. The molecule has 4 saturated carbocycles. The van der Waals surface area contributed by atoms with Crippen molar-refractivity contribution < 1.29 is 9.18 Å². The van der Waals surface area contributed by atoms with Crippen LogP contribution in [0.1, 0.15) is 90.9 Å². The van der Waals surface area contributed by atoms with Crippen molar-refractivity contribution in [2.45, 2.75) is 97.1 Å². The largest absolute Gasteiger partial charge is 0.283 e. The normalized spacial score (nSPS) is 48.8. The number of nitrogens with zero attached hydrogens (tertiary/aromatic N) is 1. The number of hydrogen-bond acceptors (Lipinski definition) is 2. The van der Waals surface area contributed by atoms with Crippen LogP contribution in [0.15, 0.2) is 0 Å². The maximum absolute atomic E-state index is 14.7. The molecular weight excluding hydrogens is 337 g/mol. The van der Waals surface area contributed by atoms with Crippen molar-refractivity contribution in [3.8, 4) is 6.07 Å². The predicted molar refractivity (Wildman–Crippen MR) is 105 cm³/mol. The minimum absolute atomic E-state index is 0.235. The van der Waals surface area contributed by atoms with Gasteiger partial charge in [0.15, 0.2) is 0 Å². The van der Waals surface area contributed by atoms with Gasteiger partial charge in [0.1, 0.15) is 12.2 Å². The summed E-state index contributed by atoms with van der Waals surface area (Å²) in [4.78, 5) is 11.3. The first-order valence-electron chi connectivity index (χ1n) is 11.5. The molecule has 0 heterocycles. The van der Waals surface area contributed by atoms with E-state index in [4.69, 9.17) is 5.26 Å². The molecule has 4 aliphatic carbocycles. The molecule has 8 unspecified atom stereocenters. The molecule has 0 aromatic heterocycles. The van der Waals surface area contributed by atoms with Crippen LogP contribution in [-0.2, 0) is 4.79 Å². The van der Waals surface area contributed by atoms with Crippen molar-refractivity contribution in [1.82, 2.24) is 0 Å². The molecule has 2 nitrogen and oxygen atoms in total. The summed E-state index contributed by atoms with van der Waals surface area (Å²) in [5.74, 6) is 3.08. The minimum Gasteiger partial charge on any atom is -0.283 e. The van der Waals surface area contributed by atoms with E-state index in [-0.39, 0.29) is 11.2 Å². The topological polar surface area (TPSA) is 40.9 Å². The van der Waals surface area contributed by atoms with E-state index in [1.807, 2.05) is 0 Å². The van der Waals surface area contributed by atoms with Gasteiger partial charge in [0, 0.05) is 6.42 Å². The lowest BCUT2D eigenvalue weighted by atomic mass is 9.44. The van der Waals surface area contributed by atoms with Gasteiger partial charge < -0.3 is 0 Å². The monoisotopic (exact) mass is 373 g/mol. The lowest BCUT2D eigenvalue weighted by Crippen LogP contribution is -2.54. The van der Waals surface area contributed by atoms with E-state index in [9.17, 15) is 9.18 Å². The van der Waals surface area contributed by atoms with E-state index < -0.39 is 6.17 Å². The first-order valence-corrected chi connectivity index (χ1v) is 11.5. The maximum Gasteiger partial charge on any atom is 0.231 e. The zero-order chi connectivity index (χ0) is 19.2. The molecule has 0 spiro atoms. The summed E-state index contributed by atoms with van der Waals surface area (Å²) in [5.41, 5.74) is 0.642. The Morgan fingerprint density at radius 1 is 1.00 bits per heavy atom. The number of carbonyl (C=O) groups excluding carboxylic acids is 1. The highest BCUT2D eigenvalue weighted by atomic mass is 19.1. The lowest BCUT2D eigenvalue weighted by Gasteiger charge is -2.61. The average Bonchev–Trinajstić information content (AvgIpc) is 2.98. The molecule has 0 bridgehead atoms. The molecule has 0 amide bonds. The number of halogens is 1. The van der Waals surface area contributed by atoms with Crippen LogP contribution >= 0.6 is 0 Å². The SMILES string of the molecule is CC12CCC3C(CCC4C(F)CCCC43C)C1CCC2CCCC(=O)C#N. The number of hydrogen-bond donors (Lipinski definition) is 0. The van der Waals surface area contributed by atoms with Gasteiger partial charge in [-0.3, -0.25) is 4.79 Å². The Bertz CT molecular complexity index is 626. The number of carbonyl (C=O) groups is 1. The Hall–Kier alpha value is -0.910. The number of fused-ring (bicyclic) bond motifs is 5. The van der Waals surface area contributed by atoms with Gasteiger partial charge in [0.25, 0.3) is 0 Å². The summed E-state index contributed by atoms with van der Waals surface area (Å²) in [6.07, 6.45) is 12.5. The van der Waals surface area contributed by atoms with Crippen molar-refractivity contribution in [3.05, 3.63) is 0 Å². The Morgan fingerprint density at radius 2 is 1.74 bits per heavy atom. The molecule has 0 aromatic rings. The molecule has 3 heteroatoms. The van der Waals surface area contributed by atoms with Crippen LogP contribution < -0.4 is 0 Å². The third kappa shape index (κ3) is 3.06. The zero-order valence-electron chi connectivity index (χ0n) is 17.2. The van der Waals surface area contributed by atoms with Crippen LogP contribution in [0.5, 0.6) is 0 Å². The van der Waals surface area contributed by atoms with Gasteiger partial charge in [-0.05, 0) is 111 Å². The van der Waals surface area contributed by atoms with E-state index in [0.29, 0.717) is 23.7 Å². The Morgan fingerprint density at radius 3 is 2.52 bits per heavy atom. The summed E-state index contributed by atoms with van der Waals surface area (Å²) in [7, 11) is 0. The van der Waals surface area contributed by atoms with E-state index >= 15 is 0 Å². The molecule has 4 rings (SSSR count). The van der Waals surface area contributed by atoms with Gasteiger partial charge >= 0.3 is 0 Å². The van der Waals surface area contributed by atoms with Gasteiger partial charge in [-0.25, -0.2) is 4.39 Å².